The fourth-order valence-corrected chi connectivity index (χ4v) is 1.77. The molecule has 0 aromatic heterocycles. The summed E-state index contributed by atoms with van der Waals surface area (Å²) in [5.74, 6) is -0.491. The predicted octanol–water partition coefficient (Wildman–Crippen LogP) is 1.24. The first-order valence-electron chi connectivity index (χ1n) is 4.67. The maximum absolute atomic E-state index is 11.1. The Balaban J connectivity index is 2.25. The smallest absolute Gasteiger partial charge is 0.341 e. The summed E-state index contributed by atoms with van der Waals surface area (Å²) in [6.45, 7) is -0.485. The van der Waals surface area contributed by atoms with Crippen LogP contribution >= 0.6 is 15.9 Å². The molecule has 7 heteroatoms. The van der Waals surface area contributed by atoms with Gasteiger partial charge in [0.25, 0.3) is 5.91 Å². The van der Waals surface area contributed by atoms with Crippen molar-refractivity contribution in [2.45, 2.75) is 0 Å². The summed E-state index contributed by atoms with van der Waals surface area (Å²) in [6, 6.07) is 3.13. The highest BCUT2D eigenvalue weighted by atomic mass is 79.9. The Labute approximate surface area is 105 Å². The highest BCUT2D eigenvalue weighted by Crippen LogP contribution is 2.37. The van der Waals surface area contributed by atoms with E-state index in [2.05, 4.69) is 21.2 Å². The van der Waals surface area contributed by atoms with Gasteiger partial charge in [0.05, 0.1) is 10.2 Å². The lowest BCUT2D eigenvalue weighted by Gasteiger charge is -2.19. The number of carbonyl (C=O) groups excluding carboxylic acids is 1. The maximum atomic E-state index is 11.1. The third-order valence-corrected chi connectivity index (χ3v) is 2.64. The van der Waals surface area contributed by atoms with E-state index in [-0.39, 0.29) is 12.5 Å². The van der Waals surface area contributed by atoms with Crippen LogP contribution in [0.2, 0.25) is 0 Å². The number of amides is 1. The van der Waals surface area contributed by atoms with Crippen molar-refractivity contribution < 1.29 is 24.2 Å². The zero-order chi connectivity index (χ0) is 12.4. The van der Waals surface area contributed by atoms with Gasteiger partial charge in [0.2, 0.25) is 0 Å². The zero-order valence-corrected chi connectivity index (χ0v) is 10.1. The second-order valence-electron chi connectivity index (χ2n) is 3.30. The Morgan fingerprint density at radius 2 is 2.35 bits per heavy atom. The van der Waals surface area contributed by atoms with Crippen LogP contribution in [0.15, 0.2) is 16.6 Å². The molecule has 0 saturated carbocycles. The number of carboxylic acid groups (broad SMARTS) is 1. The molecule has 6 nitrogen and oxygen atoms in total. The van der Waals surface area contributed by atoms with Crippen LogP contribution in [0, 0.1) is 0 Å². The van der Waals surface area contributed by atoms with E-state index < -0.39 is 12.6 Å². The summed E-state index contributed by atoms with van der Waals surface area (Å²) >= 11 is 3.23. The first-order chi connectivity index (χ1) is 8.06. The van der Waals surface area contributed by atoms with E-state index in [1.807, 2.05) is 0 Å². The van der Waals surface area contributed by atoms with Crippen LogP contribution in [0.3, 0.4) is 0 Å². The number of rotatable bonds is 3. The van der Waals surface area contributed by atoms with Crippen molar-refractivity contribution in [1.82, 2.24) is 0 Å². The van der Waals surface area contributed by atoms with Crippen LogP contribution in [0.4, 0.5) is 5.69 Å². The maximum Gasteiger partial charge on any atom is 0.341 e. The van der Waals surface area contributed by atoms with Crippen LogP contribution in [-0.4, -0.2) is 30.2 Å². The summed E-state index contributed by atoms with van der Waals surface area (Å²) in [7, 11) is 0. The summed E-state index contributed by atoms with van der Waals surface area (Å²) in [6.07, 6.45) is 0. The molecule has 1 aliphatic rings. The van der Waals surface area contributed by atoms with Crippen LogP contribution in [-0.2, 0) is 9.59 Å². The van der Waals surface area contributed by atoms with Gasteiger partial charge in [0, 0.05) is 12.1 Å². The molecule has 1 amide bonds. The Morgan fingerprint density at radius 1 is 1.59 bits per heavy atom. The van der Waals surface area contributed by atoms with Gasteiger partial charge in [-0.2, -0.15) is 0 Å². The first kappa shape index (κ1) is 11.7. The third-order valence-electron chi connectivity index (χ3n) is 2.02. The van der Waals surface area contributed by atoms with E-state index >= 15 is 0 Å². The second-order valence-corrected chi connectivity index (χ2v) is 4.15. The average molecular weight is 302 g/mol. The second kappa shape index (κ2) is 4.62. The largest absolute Gasteiger partial charge is 0.482 e. The molecule has 1 heterocycles. The van der Waals surface area contributed by atoms with Gasteiger partial charge >= 0.3 is 5.97 Å². The monoisotopic (exact) mass is 301 g/mol. The van der Waals surface area contributed by atoms with E-state index in [0.717, 1.165) is 0 Å². The molecule has 2 rings (SSSR count). The number of aliphatic carboxylic acids is 1. The first-order valence-corrected chi connectivity index (χ1v) is 5.46. The zero-order valence-electron chi connectivity index (χ0n) is 8.53. The van der Waals surface area contributed by atoms with Crippen molar-refractivity contribution in [3.63, 3.8) is 0 Å². The number of carboxylic acids is 1. The predicted molar refractivity (Wildman–Crippen MR) is 61.4 cm³/mol. The minimum absolute atomic E-state index is 0.0330. The fraction of sp³-hybridized carbons (Fsp3) is 0.200. The van der Waals surface area contributed by atoms with E-state index in [4.69, 9.17) is 14.6 Å². The Hall–Kier alpha value is -1.76. The number of nitrogens with one attached hydrogen (secondary N) is 1. The van der Waals surface area contributed by atoms with E-state index in [1.165, 1.54) is 6.07 Å². The van der Waals surface area contributed by atoms with Crippen LogP contribution < -0.4 is 14.8 Å². The van der Waals surface area contributed by atoms with Gasteiger partial charge in [0.15, 0.2) is 13.2 Å². The highest BCUT2D eigenvalue weighted by molar-refractivity contribution is 9.10. The Bertz CT molecular complexity index is 488. The Morgan fingerprint density at radius 3 is 3.06 bits per heavy atom. The van der Waals surface area contributed by atoms with Gasteiger partial charge < -0.3 is 19.9 Å². The lowest BCUT2D eigenvalue weighted by atomic mass is 10.2. The molecule has 0 aliphatic carbocycles. The quantitative estimate of drug-likeness (QED) is 0.877. The van der Waals surface area contributed by atoms with Crippen molar-refractivity contribution in [2.24, 2.45) is 0 Å². The number of halogens is 1. The van der Waals surface area contributed by atoms with E-state index in [0.29, 0.717) is 21.7 Å². The molecule has 0 fully saturated rings. The molecule has 0 saturated heterocycles. The summed E-state index contributed by atoms with van der Waals surface area (Å²) in [4.78, 5) is 21.5. The van der Waals surface area contributed by atoms with Gasteiger partial charge in [-0.15, -0.1) is 0 Å². The molecule has 0 radical (unpaired) electrons. The molecule has 0 bridgehead atoms. The molecule has 2 N–H and O–H groups in total. The summed E-state index contributed by atoms with van der Waals surface area (Å²) < 4.78 is 10.8. The van der Waals surface area contributed by atoms with Crippen LogP contribution in [0.1, 0.15) is 0 Å². The number of ether oxygens (including phenoxy) is 2. The van der Waals surface area contributed by atoms with E-state index in [9.17, 15) is 9.59 Å². The molecule has 0 atom stereocenters. The lowest BCUT2D eigenvalue weighted by molar-refractivity contribution is -0.139. The summed E-state index contributed by atoms with van der Waals surface area (Å²) in [5, 5.41) is 11.1. The SMILES string of the molecule is O=C(O)COc1cc2c(cc1Br)OCC(=O)N2. The molecule has 1 aromatic rings. The molecule has 0 unspecified atom stereocenters. The fourth-order valence-electron chi connectivity index (χ4n) is 1.33. The number of carbonyl (C=O) groups is 2. The highest BCUT2D eigenvalue weighted by Gasteiger charge is 2.18. The van der Waals surface area contributed by atoms with Crippen LogP contribution in [0.25, 0.3) is 0 Å². The summed E-state index contributed by atoms with van der Waals surface area (Å²) in [5.41, 5.74) is 0.463. The molecule has 1 aromatic carbocycles. The van der Waals surface area contributed by atoms with Gasteiger partial charge in [-0.05, 0) is 15.9 Å². The van der Waals surface area contributed by atoms with Gasteiger partial charge in [-0.25, -0.2) is 4.79 Å². The number of benzene rings is 1. The number of anilines is 1. The molecule has 0 spiro atoms. The number of hydrogen-bond acceptors (Lipinski definition) is 4. The van der Waals surface area contributed by atoms with Crippen molar-refractivity contribution in [3.8, 4) is 11.5 Å². The third kappa shape index (κ3) is 2.68. The molecule has 90 valence electrons. The van der Waals surface area contributed by atoms with Crippen molar-refractivity contribution in [1.29, 1.82) is 0 Å². The average Bonchev–Trinajstić information content (AvgIpc) is 2.26. The molecule has 1 aliphatic heterocycles. The minimum Gasteiger partial charge on any atom is -0.482 e. The standard InChI is InChI=1S/C10H8BrNO5/c11-5-1-8-6(12-9(13)3-16-8)2-7(5)17-4-10(14)15/h1-2H,3-4H2,(H,12,13)(H,14,15). The van der Waals surface area contributed by atoms with Gasteiger partial charge in [0.1, 0.15) is 11.5 Å². The van der Waals surface area contributed by atoms with Gasteiger partial charge in [-0.3, -0.25) is 4.79 Å². The van der Waals surface area contributed by atoms with Crippen molar-refractivity contribution in [2.75, 3.05) is 18.5 Å². The minimum atomic E-state index is -1.07. The lowest BCUT2D eigenvalue weighted by Crippen LogP contribution is -2.25. The Kier molecular flexibility index (Phi) is 3.19. The normalized spacial score (nSPS) is 13.4. The van der Waals surface area contributed by atoms with Crippen LogP contribution in [0.5, 0.6) is 11.5 Å². The topological polar surface area (TPSA) is 84.9 Å². The number of hydrogen-bond donors (Lipinski definition) is 2. The van der Waals surface area contributed by atoms with Gasteiger partial charge in [-0.1, -0.05) is 0 Å². The van der Waals surface area contributed by atoms with Crippen molar-refractivity contribution in [3.05, 3.63) is 16.6 Å². The number of fused-ring (bicyclic) bond motifs is 1. The molecular weight excluding hydrogens is 294 g/mol. The van der Waals surface area contributed by atoms with E-state index in [1.54, 1.807) is 6.07 Å². The molecule has 17 heavy (non-hydrogen) atoms. The van der Waals surface area contributed by atoms with Crippen molar-refractivity contribution >= 4 is 33.5 Å². The molecular formula is C10H8BrNO5.